The monoisotopic (exact) mass is 667 g/mol. The quantitative estimate of drug-likeness (QED) is 0.142. The highest BCUT2D eigenvalue weighted by molar-refractivity contribution is 6.76. The van der Waals surface area contributed by atoms with E-state index in [1.165, 1.54) is 10.6 Å². The molecule has 9 nitrogen and oxygen atoms in total. The fourth-order valence-electron chi connectivity index (χ4n) is 4.92. The van der Waals surface area contributed by atoms with Gasteiger partial charge in [0.2, 0.25) is 0 Å². The zero-order chi connectivity index (χ0) is 34.2. The van der Waals surface area contributed by atoms with Crippen molar-refractivity contribution < 1.29 is 36.3 Å². The highest BCUT2D eigenvalue weighted by Gasteiger charge is 2.52. The van der Waals surface area contributed by atoms with Crippen molar-refractivity contribution in [2.45, 2.75) is 110 Å². The van der Waals surface area contributed by atoms with E-state index in [-0.39, 0.29) is 23.8 Å². The standard InChI is InChI=1S/C31H42BF4N3O6Si/c1-20(43-25-18-37-39(19-42-14-15-46(6,7)8)28(41)26(25)31(34,35)36)10-9-12-38-13-11-21-16-23(24(33)17-22(21)27(38)40)32-44-29(2,3)30(4,5)45-32/h11,13,16-18,20H,9-10,12,14-15,19H2,1-8H3. The minimum Gasteiger partial charge on any atom is -0.488 e. The number of ether oxygens (including phenoxy) is 2. The van der Waals surface area contributed by atoms with Crippen LogP contribution in [0.3, 0.4) is 0 Å². The summed E-state index contributed by atoms with van der Waals surface area (Å²) in [6.45, 7) is 15.6. The second kappa shape index (κ2) is 13.2. The van der Waals surface area contributed by atoms with E-state index in [1.807, 2.05) is 27.7 Å². The van der Waals surface area contributed by atoms with Crippen LogP contribution in [0.1, 0.15) is 53.0 Å². The predicted octanol–water partition coefficient (Wildman–Crippen LogP) is 5.58. The molecule has 1 saturated heterocycles. The third-order valence-electron chi connectivity index (χ3n) is 8.44. The first-order chi connectivity index (χ1) is 21.2. The molecule has 15 heteroatoms. The van der Waals surface area contributed by atoms with Gasteiger partial charge in [-0.05, 0) is 71.0 Å². The second-order valence-corrected chi connectivity index (χ2v) is 19.6. The SMILES string of the molecule is CC(CCCn1ccc2cc(B3OC(C)(C)C(C)(C)O3)c(F)cc2c1=O)Oc1cnn(COCC[Si](C)(C)C)c(=O)c1C(F)(F)F. The van der Waals surface area contributed by atoms with Crippen molar-refractivity contribution in [3.63, 3.8) is 0 Å². The van der Waals surface area contributed by atoms with Crippen LogP contribution in [-0.2, 0) is 33.5 Å². The molecule has 2 aromatic heterocycles. The number of pyridine rings is 1. The number of aromatic nitrogens is 3. The summed E-state index contributed by atoms with van der Waals surface area (Å²) in [6.07, 6.45) is -2.62. The summed E-state index contributed by atoms with van der Waals surface area (Å²) in [7, 11) is -2.34. The van der Waals surface area contributed by atoms with Gasteiger partial charge in [-0.2, -0.15) is 18.3 Å². The highest BCUT2D eigenvalue weighted by atomic mass is 28.3. The van der Waals surface area contributed by atoms with E-state index < -0.39 is 73.7 Å². The van der Waals surface area contributed by atoms with Crippen molar-refractivity contribution in [3.05, 3.63) is 62.7 Å². The molecule has 1 aliphatic rings. The van der Waals surface area contributed by atoms with Gasteiger partial charge in [0.15, 0.2) is 11.3 Å². The van der Waals surface area contributed by atoms with Crippen molar-refractivity contribution >= 4 is 31.4 Å². The largest absolute Gasteiger partial charge is 0.497 e. The Balaban J connectivity index is 1.41. The first-order valence-electron chi connectivity index (χ1n) is 15.3. The smallest absolute Gasteiger partial charge is 0.488 e. The Hall–Kier alpha value is -3.01. The summed E-state index contributed by atoms with van der Waals surface area (Å²) >= 11 is 0. The van der Waals surface area contributed by atoms with E-state index in [0.717, 1.165) is 12.2 Å². The van der Waals surface area contributed by atoms with Crippen LogP contribution in [0.4, 0.5) is 17.6 Å². The molecule has 0 bridgehead atoms. The van der Waals surface area contributed by atoms with Gasteiger partial charge in [-0.25, -0.2) is 9.07 Å². The van der Waals surface area contributed by atoms with Crippen molar-refractivity contribution in [3.8, 4) is 5.75 Å². The number of rotatable bonds is 12. The van der Waals surface area contributed by atoms with Crippen LogP contribution >= 0.6 is 0 Å². The molecule has 0 N–H and O–H groups in total. The number of hydrogen-bond donors (Lipinski definition) is 0. The maximum Gasteiger partial charge on any atom is 0.497 e. The first kappa shape index (κ1) is 35.8. The second-order valence-electron chi connectivity index (χ2n) is 14.0. The topological polar surface area (TPSA) is 93.8 Å². The third-order valence-corrected chi connectivity index (χ3v) is 10.1. The van der Waals surface area contributed by atoms with Gasteiger partial charge >= 0.3 is 13.3 Å². The molecule has 1 fully saturated rings. The van der Waals surface area contributed by atoms with Crippen LogP contribution in [0.15, 0.2) is 40.2 Å². The number of aryl methyl sites for hydroxylation is 1. The average molecular weight is 668 g/mol. The van der Waals surface area contributed by atoms with E-state index in [2.05, 4.69) is 24.7 Å². The average Bonchev–Trinajstić information content (AvgIpc) is 3.13. The number of halogens is 4. The van der Waals surface area contributed by atoms with E-state index in [1.54, 1.807) is 25.3 Å². The normalized spacial score (nSPS) is 17.1. The molecule has 1 unspecified atom stereocenters. The zero-order valence-corrected chi connectivity index (χ0v) is 28.6. The highest BCUT2D eigenvalue weighted by Crippen LogP contribution is 2.37. The Morgan fingerprint density at radius 2 is 1.72 bits per heavy atom. The maximum absolute atomic E-state index is 15.2. The zero-order valence-electron chi connectivity index (χ0n) is 27.6. The minimum absolute atomic E-state index is 0.176. The lowest BCUT2D eigenvalue weighted by atomic mass is 9.78. The van der Waals surface area contributed by atoms with E-state index >= 15 is 4.39 Å². The van der Waals surface area contributed by atoms with E-state index in [9.17, 15) is 22.8 Å². The molecule has 0 spiro atoms. The molecular formula is C31H42BF4N3O6Si. The lowest BCUT2D eigenvalue weighted by Crippen LogP contribution is -2.41. The molecule has 252 valence electrons. The summed E-state index contributed by atoms with van der Waals surface area (Å²) < 4.78 is 81.9. The lowest BCUT2D eigenvalue weighted by molar-refractivity contribution is -0.141. The summed E-state index contributed by atoms with van der Waals surface area (Å²) in [5, 5.41) is 4.53. The van der Waals surface area contributed by atoms with Gasteiger partial charge in [-0.15, -0.1) is 0 Å². The van der Waals surface area contributed by atoms with Gasteiger partial charge in [-0.3, -0.25) is 9.59 Å². The fourth-order valence-corrected chi connectivity index (χ4v) is 5.68. The Labute approximate surface area is 266 Å². The maximum atomic E-state index is 15.2. The molecule has 0 saturated carbocycles. The Bertz CT molecular complexity index is 1670. The van der Waals surface area contributed by atoms with Crippen molar-refractivity contribution in [1.82, 2.24) is 14.3 Å². The summed E-state index contributed by atoms with van der Waals surface area (Å²) in [4.78, 5) is 25.9. The van der Waals surface area contributed by atoms with Gasteiger partial charge < -0.3 is 23.3 Å². The van der Waals surface area contributed by atoms with Gasteiger partial charge in [0, 0.05) is 32.9 Å². The molecule has 0 amide bonds. The van der Waals surface area contributed by atoms with Crippen molar-refractivity contribution in [1.29, 1.82) is 0 Å². The summed E-state index contributed by atoms with van der Waals surface area (Å²) in [5.41, 5.74) is -4.32. The van der Waals surface area contributed by atoms with Crippen LogP contribution in [0.25, 0.3) is 10.8 Å². The lowest BCUT2D eigenvalue weighted by Gasteiger charge is -2.32. The number of nitrogens with zero attached hydrogens (tertiary/aromatic N) is 3. The van der Waals surface area contributed by atoms with Crippen LogP contribution in [0, 0.1) is 5.82 Å². The van der Waals surface area contributed by atoms with Gasteiger partial charge in [0.25, 0.3) is 11.1 Å². The molecule has 1 atom stereocenters. The number of alkyl halides is 3. The van der Waals surface area contributed by atoms with E-state index in [0.29, 0.717) is 23.1 Å². The molecule has 0 aliphatic carbocycles. The van der Waals surface area contributed by atoms with Crippen LogP contribution in [0.2, 0.25) is 25.7 Å². The van der Waals surface area contributed by atoms with Gasteiger partial charge in [0.05, 0.1) is 28.9 Å². The molecular weight excluding hydrogens is 625 g/mol. The Kier molecular flexibility index (Phi) is 10.3. The van der Waals surface area contributed by atoms with Crippen molar-refractivity contribution in [2.24, 2.45) is 0 Å². The fraction of sp³-hybridized carbons (Fsp3) is 0.581. The van der Waals surface area contributed by atoms with Crippen molar-refractivity contribution in [2.75, 3.05) is 6.61 Å². The minimum atomic E-state index is -4.97. The van der Waals surface area contributed by atoms with Crippen LogP contribution in [0.5, 0.6) is 5.75 Å². The predicted molar refractivity (Wildman–Crippen MR) is 171 cm³/mol. The Morgan fingerprint density at radius 1 is 1.07 bits per heavy atom. The van der Waals surface area contributed by atoms with Gasteiger partial charge in [-0.1, -0.05) is 25.7 Å². The number of fused-ring (bicyclic) bond motifs is 1. The molecule has 3 aromatic rings. The summed E-state index contributed by atoms with van der Waals surface area (Å²) in [6, 6.07) is 5.20. The Morgan fingerprint density at radius 3 is 2.33 bits per heavy atom. The molecule has 1 aliphatic heterocycles. The summed E-state index contributed by atoms with van der Waals surface area (Å²) in [5.74, 6) is -1.29. The van der Waals surface area contributed by atoms with Crippen LogP contribution < -0.4 is 21.3 Å². The molecule has 1 aromatic carbocycles. The third kappa shape index (κ3) is 8.10. The molecule has 3 heterocycles. The first-order valence-corrected chi connectivity index (χ1v) is 19.0. The van der Waals surface area contributed by atoms with E-state index in [4.69, 9.17) is 18.8 Å². The van der Waals surface area contributed by atoms with Gasteiger partial charge in [0.1, 0.15) is 12.5 Å². The molecule has 46 heavy (non-hydrogen) atoms. The number of hydrogen-bond acceptors (Lipinski definition) is 7. The number of benzene rings is 1. The van der Waals surface area contributed by atoms with Crippen LogP contribution in [-0.4, -0.2) is 53.5 Å². The molecule has 0 radical (unpaired) electrons. The molecule has 4 rings (SSSR count).